The maximum atomic E-state index is 2.34. The Morgan fingerprint density at radius 2 is 1.19 bits per heavy atom. The van der Waals surface area contributed by atoms with E-state index in [4.69, 9.17) is 0 Å². The number of hydrogen-bond donors (Lipinski definition) is 0. The summed E-state index contributed by atoms with van der Waals surface area (Å²) in [7, 11) is 0. The zero-order valence-corrected chi connectivity index (χ0v) is 12.3. The van der Waals surface area contributed by atoms with E-state index in [1.165, 1.54) is 18.4 Å². The van der Waals surface area contributed by atoms with Crippen molar-refractivity contribution in [2.75, 3.05) is 0 Å². The van der Waals surface area contributed by atoms with E-state index < -0.39 is 0 Å². The van der Waals surface area contributed by atoms with Crippen LogP contribution in [0.3, 0.4) is 0 Å². The van der Waals surface area contributed by atoms with Crippen LogP contribution >= 0.6 is 0 Å². The van der Waals surface area contributed by atoms with Gasteiger partial charge in [0, 0.05) is 0 Å². The normalized spacial score (nSPS) is 9.44. The smallest absolute Gasteiger partial charge is 0.00805 e. The molecule has 1 rings (SSSR count). The molecule has 0 atom stereocenters. The second kappa shape index (κ2) is 10.7. The minimum absolute atomic E-state index is 0.376. The monoisotopic (exact) mass is 222 g/mol. The number of hydrogen-bond acceptors (Lipinski definition) is 0. The lowest BCUT2D eigenvalue weighted by molar-refractivity contribution is 0.439. The minimum Gasteiger partial charge on any atom is -0.0683 e. The van der Waals surface area contributed by atoms with Crippen molar-refractivity contribution in [3.05, 3.63) is 35.9 Å². The minimum atomic E-state index is 0.376. The Bertz CT molecular complexity index is 219. The van der Waals surface area contributed by atoms with Crippen LogP contribution in [0.1, 0.15) is 66.9 Å². The number of benzene rings is 1. The van der Waals surface area contributed by atoms with Crippen LogP contribution in [0.2, 0.25) is 0 Å². The van der Waals surface area contributed by atoms with E-state index in [0.717, 1.165) is 0 Å². The molecule has 0 saturated heterocycles. The van der Waals surface area contributed by atoms with E-state index in [-0.39, 0.29) is 0 Å². The van der Waals surface area contributed by atoms with Gasteiger partial charge in [-0.25, -0.2) is 0 Å². The highest BCUT2D eigenvalue weighted by Crippen LogP contribution is 2.30. The van der Waals surface area contributed by atoms with Gasteiger partial charge in [0.25, 0.3) is 0 Å². The van der Waals surface area contributed by atoms with Crippen LogP contribution in [0.4, 0.5) is 0 Å². The fraction of sp³-hybridized carbons (Fsp3) is 0.625. The maximum Gasteiger partial charge on any atom is -0.00805 e. The van der Waals surface area contributed by atoms with Crippen molar-refractivity contribution in [3.8, 4) is 0 Å². The highest BCUT2D eigenvalue weighted by atomic mass is 14.2. The molecule has 0 nitrogen and oxygen atoms in total. The van der Waals surface area contributed by atoms with Crippen molar-refractivity contribution in [2.45, 2.75) is 66.7 Å². The molecule has 0 saturated carbocycles. The first-order valence-corrected chi connectivity index (χ1v) is 6.78. The molecule has 0 spiro atoms. The largest absolute Gasteiger partial charge is 0.0683 e. The summed E-state index contributed by atoms with van der Waals surface area (Å²) in [5, 5.41) is 0. The van der Waals surface area contributed by atoms with Gasteiger partial charge in [-0.15, -0.1) is 0 Å². The summed E-state index contributed by atoms with van der Waals surface area (Å²) in [6.45, 7) is 14.9. The van der Waals surface area contributed by atoms with Crippen LogP contribution in [0.5, 0.6) is 0 Å². The molecule has 1 aromatic rings. The summed E-state index contributed by atoms with van der Waals surface area (Å²) in [5.41, 5.74) is 1.84. The Kier molecular flexibility index (Phi) is 11.8. The van der Waals surface area contributed by atoms with Gasteiger partial charge < -0.3 is 0 Å². The molecule has 0 aliphatic carbocycles. The van der Waals surface area contributed by atoms with Crippen LogP contribution < -0.4 is 0 Å². The van der Waals surface area contributed by atoms with Crippen LogP contribution in [0.15, 0.2) is 30.3 Å². The molecular formula is C16H30. The van der Waals surface area contributed by atoms with Crippen molar-refractivity contribution in [2.24, 2.45) is 0 Å². The molecule has 1 aromatic carbocycles. The standard InChI is InChI=1S/C12H18.2C2H6/c1-4-12(3,5-2)11-9-7-6-8-10-11;2*1-2/h6-10H,4-5H2,1-3H3;2*1-2H3. The predicted octanol–water partition coefficient (Wildman–Crippen LogP) is 5.82. The van der Waals surface area contributed by atoms with E-state index >= 15 is 0 Å². The highest BCUT2D eigenvalue weighted by molar-refractivity contribution is 5.23. The Labute approximate surface area is 103 Å². The first-order valence-electron chi connectivity index (χ1n) is 6.78. The molecule has 0 unspecified atom stereocenters. The van der Waals surface area contributed by atoms with Crippen molar-refractivity contribution in [1.82, 2.24) is 0 Å². The van der Waals surface area contributed by atoms with E-state index in [9.17, 15) is 0 Å². The third-order valence-corrected chi connectivity index (χ3v) is 3.03. The second-order valence-corrected chi connectivity index (χ2v) is 3.63. The predicted molar refractivity (Wildman–Crippen MR) is 77.1 cm³/mol. The summed E-state index contributed by atoms with van der Waals surface area (Å²) in [4.78, 5) is 0. The summed E-state index contributed by atoms with van der Waals surface area (Å²) >= 11 is 0. The fourth-order valence-electron chi connectivity index (χ4n) is 1.50. The first kappa shape index (κ1) is 17.6. The maximum absolute atomic E-state index is 2.34. The summed E-state index contributed by atoms with van der Waals surface area (Å²) in [6, 6.07) is 10.8. The van der Waals surface area contributed by atoms with E-state index in [0.29, 0.717) is 5.41 Å². The molecule has 0 fully saturated rings. The molecule has 0 radical (unpaired) electrons. The molecule has 0 aliphatic rings. The van der Waals surface area contributed by atoms with Gasteiger partial charge in [-0.05, 0) is 23.8 Å². The van der Waals surface area contributed by atoms with Gasteiger partial charge in [-0.2, -0.15) is 0 Å². The topological polar surface area (TPSA) is 0 Å². The molecule has 0 N–H and O–H groups in total. The Morgan fingerprint density at radius 1 is 0.812 bits per heavy atom. The molecule has 16 heavy (non-hydrogen) atoms. The van der Waals surface area contributed by atoms with Crippen molar-refractivity contribution >= 4 is 0 Å². The average Bonchev–Trinajstić information content (AvgIpc) is 2.43. The van der Waals surface area contributed by atoms with Gasteiger partial charge in [0.1, 0.15) is 0 Å². The summed E-state index contributed by atoms with van der Waals surface area (Å²) in [5.74, 6) is 0. The second-order valence-electron chi connectivity index (χ2n) is 3.63. The first-order chi connectivity index (χ1) is 7.73. The molecule has 0 aliphatic heterocycles. The zero-order chi connectivity index (χ0) is 13.0. The molecule has 94 valence electrons. The lowest BCUT2D eigenvalue weighted by Gasteiger charge is -2.27. The number of rotatable bonds is 3. The zero-order valence-electron chi connectivity index (χ0n) is 12.3. The Morgan fingerprint density at radius 3 is 1.50 bits per heavy atom. The molecular weight excluding hydrogens is 192 g/mol. The molecule has 0 amide bonds. The van der Waals surface area contributed by atoms with Crippen LogP contribution in [0.25, 0.3) is 0 Å². The van der Waals surface area contributed by atoms with Crippen LogP contribution in [0, 0.1) is 0 Å². The average molecular weight is 222 g/mol. The van der Waals surface area contributed by atoms with E-state index in [2.05, 4.69) is 51.1 Å². The van der Waals surface area contributed by atoms with Gasteiger partial charge >= 0.3 is 0 Å². The molecule has 0 bridgehead atoms. The van der Waals surface area contributed by atoms with Gasteiger partial charge in [-0.1, -0.05) is 78.8 Å². The van der Waals surface area contributed by atoms with Crippen molar-refractivity contribution < 1.29 is 0 Å². The van der Waals surface area contributed by atoms with Crippen LogP contribution in [-0.4, -0.2) is 0 Å². The fourth-order valence-corrected chi connectivity index (χ4v) is 1.50. The molecule has 0 aromatic heterocycles. The lowest BCUT2D eigenvalue weighted by atomic mass is 9.78. The van der Waals surface area contributed by atoms with E-state index in [1.54, 1.807) is 0 Å². The molecule has 0 heterocycles. The summed E-state index contributed by atoms with van der Waals surface area (Å²) < 4.78 is 0. The van der Waals surface area contributed by atoms with E-state index in [1.807, 2.05) is 27.7 Å². The lowest BCUT2D eigenvalue weighted by Crippen LogP contribution is -2.18. The molecule has 0 heteroatoms. The van der Waals surface area contributed by atoms with Crippen LogP contribution in [-0.2, 0) is 5.41 Å². The van der Waals surface area contributed by atoms with Gasteiger partial charge in [0.15, 0.2) is 0 Å². The highest BCUT2D eigenvalue weighted by Gasteiger charge is 2.20. The third kappa shape index (κ3) is 5.34. The quantitative estimate of drug-likeness (QED) is 0.605. The Balaban J connectivity index is 0. The third-order valence-electron chi connectivity index (χ3n) is 3.03. The van der Waals surface area contributed by atoms with Crippen molar-refractivity contribution in [3.63, 3.8) is 0 Å². The summed E-state index contributed by atoms with van der Waals surface area (Å²) in [6.07, 6.45) is 2.43. The van der Waals surface area contributed by atoms with Gasteiger partial charge in [0.05, 0.1) is 0 Å². The van der Waals surface area contributed by atoms with Gasteiger partial charge in [0.2, 0.25) is 0 Å². The van der Waals surface area contributed by atoms with Gasteiger partial charge in [-0.3, -0.25) is 0 Å². The Hall–Kier alpha value is -0.780. The van der Waals surface area contributed by atoms with Crippen molar-refractivity contribution in [1.29, 1.82) is 0 Å². The SMILES string of the molecule is CC.CC.CCC(C)(CC)c1ccccc1.